The zero-order chi connectivity index (χ0) is 24.5. The normalized spacial score (nSPS) is 11.5. The van der Waals surface area contributed by atoms with Crippen LogP contribution in [-0.4, -0.2) is 15.5 Å². The average Bonchev–Trinajstić information content (AvgIpc) is 3.28. The van der Waals surface area contributed by atoms with E-state index in [9.17, 15) is 18.0 Å². The number of amides is 1. The Balaban J connectivity index is 1.74. The Bertz CT molecular complexity index is 1320. The van der Waals surface area contributed by atoms with Crippen molar-refractivity contribution in [1.82, 2.24) is 9.55 Å². The number of hydrogen-bond acceptors (Lipinski definition) is 4. The second-order valence-electron chi connectivity index (χ2n) is 7.39. The van der Waals surface area contributed by atoms with E-state index in [2.05, 4.69) is 4.98 Å². The van der Waals surface area contributed by atoms with Gasteiger partial charge in [-0.25, -0.2) is 15.8 Å². The largest absolute Gasteiger partial charge is 0.416 e. The average molecular weight is 486 g/mol. The molecule has 0 atom stereocenters. The van der Waals surface area contributed by atoms with Gasteiger partial charge in [0, 0.05) is 24.0 Å². The monoisotopic (exact) mass is 485 g/mol. The summed E-state index contributed by atoms with van der Waals surface area (Å²) in [5.74, 6) is 5.64. The van der Waals surface area contributed by atoms with Crippen molar-refractivity contribution in [1.29, 1.82) is 0 Å². The van der Waals surface area contributed by atoms with Gasteiger partial charge in [-0.2, -0.15) is 13.2 Å². The molecule has 1 amide bonds. The summed E-state index contributed by atoms with van der Waals surface area (Å²) in [5, 5.41) is 1.18. The molecule has 0 fully saturated rings. The minimum Gasteiger partial charge on any atom is -0.326 e. The molecule has 0 aliphatic heterocycles. The van der Waals surface area contributed by atoms with Gasteiger partial charge in [0.25, 0.3) is 5.91 Å². The summed E-state index contributed by atoms with van der Waals surface area (Å²) in [5.41, 5.74) is 7.12. The standard InChI is InChI=1S/C24H19ClF3N5O/c25-20-4-2-1-3-19(20)22-31-21(14-32(22)17-9-5-15(13-29)6-10-17)23(34)33(30)18-11-7-16(8-12-18)24(26,27)28/h1-12,14H,13,29-30H2. The topological polar surface area (TPSA) is 90.2 Å². The molecule has 0 radical (unpaired) electrons. The number of carbonyl (C=O) groups excluding carboxylic acids is 1. The third-order valence-electron chi connectivity index (χ3n) is 5.18. The minimum absolute atomic E-state index is 0.0137. The van der Waals surface area contributed by atoms with Gasteiger partial charge in [0.05, 0.1) is 16.3 Å². The van der Waals surface area contributed by atoms with Gasteiger partial charge in [0.2, 0.25) is 0 Å². The van der Waals surface area contributed by atoms with Crippen molar-refractivity contribution >= 4 is 23.2 Å². The van der Waals surface area contributed by atoms with E-state index in [0.29, 0.717) is 28.6 Å². The summed E-state index contributed by atoms with van der Waals surface area (Å²) in [4.78, 5) is 17.6. The molecule has 1 heterocycles. The van der Waals surface area contributed by atoms with Crippen LogP contribution in [0.15, 0.2) is 79.0 Å². The highest BCUT2D eigenvalue weighted by molar-refractivity contribution is 6.33. The Labute approximate surface area is 198 Å². The fourth-order valence-electron chi connectivity index (χ4n) is 3.36. The molecule has 3 aromatic carbocycles. The number of rotatable bonds is 5. The molecule has 0 bridgehead atoms. The number of aromatic nitrogens is 2. The minimum atomic E-state index is -4.50. The van der Waals surface area contributed by atoms with E-state index in [1.54, 1.807) is 28.8 Å². The van der Waals surface area contributed by atoms with Crippen LogP contribution in [0, 0.1) is 0 Å². The first-order valence-corrected chi connectivity index (χ1v) is 10.5. The first kappa shape index (κ1) is 23.5. The second-order valence-corrected chi connectivity index (χ2v) is 7.80. The summed E-state index contributed by atoms with van der Waals surface area (Å²) in [6.07, 6.45) is -2.99. The molecule has 4 N–H and O–H groups in total. The van der Waals surface area contributed by atoms with Crippen molar-refractivity contribution in [3.05, 3.63) is 101 Å². The maximum Gasteiger partial charge on any atom is 0.416 e. The zero-order valence-corrected chi connectivity index (χ0v) is 18.4. The predicted molar refractivity (Wildman–Crippen MR) is 124 cm³/mol. The first-order valence-electron chi connectivity index (χ1n) is 10.1. The number of benzene rings is 3. The molecule has 0 saturated carbocycles. The number of hydrazine groups is 1. The molecule has 0 unspecified atom stereocenters. The third-order valence-corrected chi connectivity index (χ3v) is 5.51. The number of alkyl halides is 3. The van der Waals surface area contributed by atoms with E-state index < -0.39 is 17.6 Å². The van der Waals surface area contributed by atoms with Gasteiger partial charge in [-0.1, -0.05) is 35.9 Å². The molecule has 1 aromatic heterocycles. The van der Waals surface area contributed by atoms with Crippen LogP contribution in [0.5, 0.6) is 0 Å². The quantitative estimate of drug-likeness (QED) is 0.231. The Hall–Kier alpha value is -3.66. The van der Waals surface area contributed by atoms with E-state index in [4.69, 9.17) is 23.2 Å². The van der Waals surface area contributed by atoms with Crippen LogP contribution in [0.1, 0.15) is 21.6 Å². The molecule has 4 rings (SSSR count). The van der Waals surface area contributed by atoms with Gasteiger partial charge in [0.15, 0.2) is 0 Å². The van der Waals surface area contributed by atoms with Crippen LogP contribution in [-0.2, 0) is 12.7 Å². The van der Waals surface area contributed by atoms with Crippen molar-refractivity contribution in [2.45, 2.75) is 12.7 Å². The van der Waals surface area contributed by atoms with Crippen molar-refractivity contribution in [3.8, 4) is 17.1 Å². The number of nitrogens with zero attached hydrogens (tertiary/aromatic N) is 3. The molecular weight excluding hydrogens is 467 g/mol. The van der Waals surface area contributed by atoms with Crippen molar-refractivity contribution < 1.29 is 18.0 Å². The Kier molecular flexibility index (Phi) is 6.43. The number of imidazole rings is 1. The fourth-order valence-corrected chi connectivity index (χ4v) is 3.58. The number of nitrogens with two attached hydrogens (primary N) is 2. The highest BCUT2D eigenvalue weighted by atomic mass is 35.5. The SMILES string of the molecule is NCc1ccc(-n2cc(C(=O)N(N)c3ccc(C(F)(F)F)cc3)nc2-c2ccccc2Cl)cc1. The number of hydrogen-bond donors (Lipinski definition) is 2. The Morgan fingerprint density at radius 3 is 2.24 bits per heavy atom. The van der Waals surface area contributed by atoms with Gasteiger partial charge >= 0.3 is 6.18 Å². The fraction of sp³-hybridized carbons (Fsp3) is 0.0833. The summed E-state index contributed by atoms with van der Waals surface area (Å²) >= 11 is 6.38. The van der Waals surface area contributed by atoms with Gasteiger partial charge < -0.3 is 5.73 Å². The highest BCUT2D eigenvalue weighted by Gasteiger charge is 2.30. The van der Waals surface area contributed by atoms with Crippen LogP contribution in [0.3, 0.4) is 0 Å². The Morgan fingerprint density at radius 1 is 1.00 bits per heavy atom. The molecule has 10 heteroatoms. The van der Waals surface area contributed by atoms with Gasteiger partial charge in [0.1, 0.15) is 11.5 Å². The van der Waals surface area contributed by atoms with E-state index in [1.165, 1.54) is 6.20 Å². The maximum absolute atomic E-state index is 13.1. The zero-order valence-electron chi connectivity index (χ0n) is 17.6. The van der Waals surface area contributed by atoms with Crippen LogP contribution >= 0.6 is 11.6 Å². The summed E-state index contributed by atoms with van der Waals surface area (Å²) < 4.78 is 40.2. The second kappa shape index (κ2) is 9.30. The molecule has 0 spiro atoms. The van der Waals surface area contributed by atoms with Crippen LogP contribution in [0.25, 0.3) is 17.1 Å². The van der Waals surface area contributed by atoms with Crippen molar-refractivity contribution in [2.24, 2.45) is 11.6 Å². The molecule has 174 valence electrons. The molecule has 4 aromatic rings. The van der Waals surface area contributed by atoms with Gasteiger partial charge in [-0.3, -0.25) is 9.36 Å². The summed E-state index contributed by atoms with van der Waals surface area (Å²) in [6.45, 7) is 0.376. The Morgan fingerprint density at radius 2 is 1.65 bits per heavy atom. The first-order chi connectivity index (χ1) is 16.2. The lowest BCUT2D eigenvalue weighted by atomic mass is 10.2. The molecule has 0 aliphatic carbocycles. The van der Waals surface area contributed by atoms with Crippen molar-refractivity contribution in [3.63, 3.8) is 0 Å². The van der Waals surface area contributed by atoms with E-state index in [0.717, 1.165) is 34.8 Å². The smallest absolute Gasteiger partial charge is 0.326 e. The van der Waals surface area contributed by atoms with Crippen molar-refractivity contribution in [2.75, 3.05) is 5.01 Å². The van der Waals surface area contributed by atoms with E-state index in [-0.39, 0.29) is 11.4 Å². The van der Waals surface area contributed by atoms with E-state index in [1.807, 2.05) is 24.3 Å². The van der Waals surface area contributed by atoms with Crippen LogP contribution < -0.4 is 16.6 Å². The third kappa shape index (κ3) is 4.67. The molecule has 34 heavy (non-hydrogen) atoms. The van der Waals surface area contributed by atoms with Crippen LogP contribution in [0.2, 0.25) is 5.02 Å². The lowest BCUT2D eigenvalue weighted by Crippen LogP contribution is -2.37. The summed E-state index contributed by atoms with van der Waals surface area (Å²) in [7, 11) is 0. The molecular formula is C24H19ClF3N5O. The number of carbonyl (C=O) groups is 1. The van der Waals surface area contributed by atoms with Gasteiger partial charge in [-0.05, 0) is 54.1 Å². The number of halogens is 4. The summed E-state index contributed by atoms with van der Waals surface area (Å²) in [6, 6.07) is 18.3. The molecule has 0 saturated heterocycles. The lowest BCUT2D eigenvalue weighted by Gasteiger charge is -2.16. The highest BCUT2D eigenvalue weighted by Crippen LogP contribution is 2.32. The van der Waals surface area contributed by atoms with Gasteiger partial charge in [-0.15, -0.1) is 0 Å². The molecule has 6 nitrogen and oxygen atoms in total. The predicted octanol–water partition coefficient (Wildman–Crippen LogP) is 5.19. The molecule has 0 aliphatic rings. The number of anilines is 1. The van der Waals surface area contributed by atoms with E-state index >= 15 is 0 Å². The van der Waals surface area contributed by atoms with Crippen LogP contribution in [0.4, 0.5) is 18.9 Å². The lowest BCUT2D eigenvalue weighted by molar-refractivity contribution is -0.137. The maximum atomic E-state index is 13.1.